The summed E-state index contributed by atoms with van der Waals surface area (Å²) in [6.07, 6.45) is 4.94. The van der Waals surface area contributed by atoms with E-state index in [1.54, 1.807) is 37.3 Å². The van der Waals surface area contributed by atoms with Crippen LogP contribution < -0.4 is 14.4 Å². The number of ether oxygens (including phenoxy) is 1. The number of sulfonamides is 1. The molecule has 1 N–H and O–H groups in total. The van der Waals surface area contributed by atoms with Crippen molar-refractivity contribution in [1.29, 1.82) is 0 Å². The van der Waals surface area contributed by atoms with E-state index in [0.29, 0.717) is 21.4 Å². The Morgan fingerprint density at radius 1 is 0.932 bits per heavy atom. The molecule has 1 saturated carbocycles. The third-order valence-corrected chi connectivity index (χ3v) is 10.6. The minimum atomic E-state index is -4.24. The molecule has 1 aliphatic rings. The van der Waals surface area contributed by atoms with Crippen LogP contribution in [0.1, 0.15) is 50.2 Å². The van der Waals surface area contributed by atoms with Crippen molar-refractivity contribution in [3.63, 3.8) is 0 Å². The number of nitrogens with one attached hydrogen (secondary N) is 1. The SMILES string of the molecule is COc1ccc(N(CC(=O)N(Cc2ccc(Cl)c(Cl)c2)[C@H](C)C(=O)NC2CCCCC2)S(=O)(=O)c2ccc(C)cc2)cc1Cl. The van der Waals surface area contributed by atoms with Gasteiger partial charge in [-0.15, -0.1) is 0 Å². The van der Waals surface area contributed by atoms with Crippen LogP contribution in [0.4, 0.5) is 5.69 Å². The van der Waals surface area contributed by atoms with Gasteiger partial charge in [0.1, 0.15) is 18.3 Å². The second-order valence-electron chi connectivity index (χ2n) is 10.9. The number of nitrogens with zero attached hydrogens (tertiary/aromatic N) is 2. The van der Waals surface area contributed by atoms with Gasteiger partial charge in [-0.2, -0.15) is 0 Å². The Kier molecular flexibility index (Phi) is 11.5. The molecule has 3 aromatic carbocycles. The molecule has 3 aromatic rings. The van der Waals surface area contributed by atoms with E-state index in [9.17, 15) is 18.0 Å². The van der Waals surface area contributed by atoms with Gasteiger partial charge in [0.05, 0.1) is 32.8 Å². The van der Waals surface area contributed by atoms with E-state index in [2.05, 4.69) is 5.32 Å². The van der Waals surface area contributed by atoms with Crippen molar-refractivity contribution in [2.24, 2.45) is 0 Å². The van der Waals surface area contributed by atoms with E-state index >= 15 is 0 Å². The van der Waals surface area contributed by atoms with Crippen molar-refractivity contribution in [2.75, 3.05) is 18.0 Å². The van der Waals surface area contributed by atoms with E-state index in [1.165, 1.54) is 42.3 Å². The summed E-state index contributed by atoms with van der Waals surface area (Å²) in [6, 6.07) is 14.9. The first kappa shape index (κ1) is 33.9. The van der Waals surface area contributed by atoms with Crippen molar-refractivity contribution < 1.29 is 22.7 Å². The van der Waals surface area contributed by atoms with Crippen LogP contribution in [0.3, 0.4) is 0 Å². The number of aryl methyl sites for hydroxylation is 1. The minimum Gasteiger partial charge on any atom is -0.495 e. The zero-order valence-electron chi connectivity index (χ0n) is 24.9. The van der Waals surface area contributed by atoms with Crippen LogP contribution in [0.15, 0.2) is 65.6 Å². The zero-order valence-corrected chi connectivity index (χ0v) is 27.9. The highest BCUT2D eigenvalue weighted by Crippen LogP contribution is 2.32. The topological polar surface area (TPSA) is 96.0 Å². The average Bonchev–Trinajstić information content (AvgIpc) is 3.00. The van der Waals surface area contributed by atoms with Crippen LogP contribution in [0.2, 0.25) is 15.1 Å². The van der Waals surface area contributed by atoms with Crippen molar-refractivity contribution in [1.82, 2.24) is 10.2 Å². The number of hydrogen-bond donors (Lipinski definition) is 1. The number of halogens is 3. The maximum Gasteiger partial charge on any atom is 0.264 e. The van der Waals surface area contributed by atoms with Gasteiger partial charge in [0.15, 0.2) is 0 Å². The largest absolute Gasteiger partial charge is 0.495 e. The number of amides is 2. The molecule has 0 spiro atoms. The van der Waals surface area contributed by atoms with E-state index in [-0.39, 0.29) is 34.1 Å². The summed E-state index contributed by atoms with van der Waals surface area (Å²) in [5.74, 6) is -0.556. The molecule has 0 aromatic heterocycles. The molecule has 0 saturated heterocycles. The van der Waals surface area contributed by atoms with Gasteiger partial charge < -0.3 is 15.0 Å². The molecular formula is C32H36Cl3N3O5S. The molecule has 0 unspecified atom stereocenters. The minimum absolute atomic E-state index is 0.00182. The van der Waals surface area contributed by atoms with Crippen LogP contribution in [0.5, 0.6) is 5.75 Å². The van der Waals surface area contributed by atoms with Crippen LogP contribution in [0, 0.1) is 6.92 Å². The van der Waals surface area contributed by atoms with Crippen LogP contribution in [-0.4, -0.2) is 50.9 Å². The molecule has 44 heavy (non-hydrogen) atoms. The van der Waals surface area contributed by atoms with Crippen molar-refractivity contribution in [3.05, 3.63) is 86.9 Å². The molecule has 1 atom stereocenters. The summed E-state index contributed by atoms with van der Waals surface area (Å²) in [5, 5.41) is 3.91. The summed E-state index contributed by atoms with van der Waals surface area (Å²) in [5.41, 5.74) is 1.67. The lowest BCUT2D eigenvalue weighted by Gasteiger charge is -2.33. The number of anilines is 1. The fraction of sp³-hybridized carbons (Fsp3) is 0.375. The van der Waals surface area contributed by atoms with Crippen LogP contribution in [-0.2, 0) is 26.2 Å². The lowest BCUT2D eigenvalue weighted by Crippen LogP contribution is -2.53. The summed E-state index contributed by atoms with van der Waals surface area (Å²) in [4.78, 5) is 29.0. The van der Waals surface area contributed by atoms with Gasteiger partial charge in [-0.05, 0) is 74.7 Å². The lowest BCUT2D eigenvalue weighted by atomic mass is 9.95. The quantitative estimate of drug-likeness (QED) is 0.235. The van der Waals surface area contributed by atoms with Gasteiger partial charge >= 0.3 is 0 Å². The van der Waals surface area contributed by atoms with E-state index in [4.69, 9.17) is 39.5 Å². The molecular weight excluding hydrogens is 645 g/mol. The first-order valence-electron chi connectivity index (χ1n) is 14.4. The Balaban J connectivity index is 1.72. The maximum absolute atomic E-state index is 14.2. The summed E-state index contributed by atoms with van der Waals surface area (Å²) in [7, 11) is -2.79. The van der Waals surface area contributed by atoms with Gasteiger partial charge in [-0.25, -0.2) is 8.42 Å². The first-order chi connectivity index (χ1) is 20.9. The second kappa shape index (κ2) is 14.9. The normalized spacial score (nSPS) is 14.5. The van der Waals surface area contributed by atoms with Gasteiger partial charge in [0, 0.05) is 12.6 Å². The number of carbonyl (C=O) groups is 2. The Hall–Kier alpha value is -2.98. The highest BCUT2D eigenvalue weighted by atomic mass is 35.5. The van der Waals surface area contributed by atoms with Gasteiger partial charge in [0.2, 0.25) is 11.8 Å². The van der Waals surface area contributed by atoms with E-state index in [1.807, 2.05) is 6.92 Å². The first-order valence-corrected chi connectivity index (χ1v) is 16.9. The van der Waals surface area contributed by atoms with Crippen molar-refractivity contribution in [2.45, 2.75) is 69.5 Å². The molecule has 4 rings (SSSR count). The Labute approximate surface area is 274 Å². The maximum atomic E-state index is 14.2. The van der Waals surface area contributed by atoms with Crippen molar-refractivity contribution >= 4 is 62.3 Å². The predicted molar refractivity (Wildman–Crippen MR) is 175 cm³/mol. The monoisotopic (exact) mass is 679 g/mol. The van der Waals surface area contributed by atoms with Crippen LogP contribution >= 0.6 is 34.8 Å². The zero-order chi connectivity index (χ0) is 32.0. The molecule has 1 fully saturated rings. The summed E-state index contributed by atoms with van der Waals surface area (Å²) >= 11 is 18.8. The van der Waals surface area contributed by atoms with Crippen LogP contribution in [0.25, 0.3) is 0 Å². The second-order valence-corrected chi connectivity index (χ2v) is 14.0. The lowest BCUT2D eigenvalue weighted by molar-refractivity contribution is -0.139. The van der Waals surface area contributed by atoms with Crippen molar-refractivity contribution in [3.8, 4) is 5.75 Å². The number of rotatable bonds is 11. The molecule has 12 heteroatoms. The molecule has 236 valence electrons. The third-order valence-electron chi connectivity index (χ3n) is 7.77. The third kappa shape index (κ3) is 8.18. The van der Waals surface area contributed by atoms with E-state index in [0.717, 1.165) is 42.0 Å². The number of carbonyl (C=O) groups excluding carboxylic acids is 2. The Bertz CT molecular complexity index is 1600. The number of benzene rings is 3. The molecule has 0 bridgehead atoms. The smallest absolute Gasteiger partial charge is 0.264 e. The van der Waals surface area contributed by atoms with Gasteiger partial charge in [-0.3, -0.25) is 13.9 Å². The number of methoxy groups -OCH3 is 1. The molecule has 8 nitrogen and oxygen atoms in total. The highest BCUT2D eigenvalue weighted by Gasteiger charge is 2.33. The molecule has 0 aliphatic heterocycles. The Morgan fingerprint density at radius 3 is 2.23 bits per heavy atom. The average molecular weight is 681 g/mol. The number of hydrogen-bond acceptors (Lipinski definition) is 5. The van der Waals surface area contributed by atoms with Gasteiger partial charge in [-0.1, -0.05) is 77.8 Å². The molecule has 1 aliphatic carbocycles. The van der Waals surface area contributed by atoms with Gasteiger partial charge in [0.25, 0.3) is 10.0 Å². The summed E-state index contributed by atoms with van der Waals surface area (Å²) in [6.45, 7) is 2.89. The molecule has 2 amide bonds. The Morgan fingerprint density at radius 2 is 1.61 bits per heavy atom. The fourth-order valence-corrected chi connectivity index (χ4v) is 7.14. The molecule has 0 heterocycles. The van der Waals surface area contributed by atoms with E-state index < -0.39 is 28.5 Å². The standard InChI is InChI=1S/C32H36Cl3N3O5S/c1-21-9-13-26(14-10-21)44(41,42)38(25-12-16-30(43-3)29(35)18-25)20-31(39)37(19-23-11-15-27(33)28(34)17-23)22(2)32(40)36-24-7-5-4-6-8-24/h9-18,22,24H,4-8,19-20H2,1-3H3,(H,36,40)/t22-/m1/s1. The highest BCUT2D eigenvalue weighted by molar-refractivity contribution is 7.92. The molecule has 0 radical (unpaired) electrons. The predicted octanol–water partition coefficient (Wildman–Crippen LogP) is 7.03. The summed E-state index contributed by atoms with van der Waals surface area (Å²) < 4.78 is 34.3. The fourth-order valence-electron chi connectivity index (χ4n) is 5.16.